The Kier molecular flexibility index (Phi) is 6.58. The minimum atomic E-state index is -3.66. The lowest BCUT2D eigenvalue weighted by atomic mass is 10.2. The van der Waals surface area contributed by atoms with E-state index in [1.165, 1.54) is 10.4 Å². The smallest absolute Gasteiger partial charge is 0.263 e. The van der Waals surface area contributed by atoms with Crippen molar-refractivity contribution in [2.75, 3.05) is 27.3 Å². The normalized spacial score (nSPS) is 15.2. The van der Waals surface area contributed by atoms with Crippen LogP contribution < -0.4 is 14.8 Å². The Hall–Kier alpha value is -2.10. The van der Waals surface area contributed by atoms with Crippen molar-refractivity contribution in [1.82, 2.24) is 9.62 Å². The molecule has 0 aliphatic carbocycles. The summed E-state index contributed by atoms with van der Waals surface area (Å²) in [6.07, 6.45) is 2.73. The van der Waals surface area contributed by atoms with Crippen molar-refractivity contribution in [1.29, 1.82) is 0 Å². The lowest BCUT2D eigenvalue weighted by molar-refractivity contribution is 0.0951. The molecule has 1 fully saturated rings. The molecule has 2 heterocycles. The van der Waals surface area contributed by atoms with Gasteiger partial charge in [0.2, 0.25) is 10.0 Å². The van der Waals surface area contributed by atoms with Crippen molar-refractivity contribution in [2.24, 2.45) is 0 Å². The van der Waals surface area contributed by atoms with Gasteiger partial charge in [-0.25, -0.2) is 8.42 Å². The SMILES string of the molecule is COc1cc(CNC(=O)c2sccc2S(=O)(=O)N2CCCCC2)cc(OC)c1. The van der Waals surface area contributed by atoms with E-state index >= 15 is 0 Å². The highest BCUT2D eigenvalue weighted by atomic mass is 32.2. The third kappa shape index (κ3) is 4.48. The highest BCUT2D eigenvalue weighted by Crippen LogP contribution is 2.28. The first-order chi connectivity index (χ1) is 13.5. The van der Waals surface area contributed by atoms with Crippen LogP contribution in [0.1, 0.15) is 34.5 Å². The fourth-order valence-corrected chi connectivity index (χ4v) is 5.98. The zero-order chi connectivity index (χ0) is 20.1. The summed E-state index contributed by atoms with van der Waals surface area (Å²) in [6, 6.07) is 6.84. The number of carbonyl (C=O) groups excluding carboxylic acids is 1. The summed E-state index contributed by atoms with van der Waals surface area (Å²) in [7, 11) is -0.544. The van der Waals surface area contributed by atoms with E-state index in [0.717, 1.165) is 36.2 Å². The predicted octanol–water partition coefficient (Wildman–Crippen LogP) is 2.87. The molecule has 1 saturated heterocycles. The number of ether oxygens (including phenoxy) is 2. The molecule has 7 nitrogen and oxygen atoms in total. The molecule has 9 heteroatoms. The fourth-order valence-electron chi connectivity index (χ4n) is 3.14. The summed E-state index contributed by atoms with van der Waals surface area (Å²) in [4.78, 5) is 13.0. The average molecular weight is 425 g/mol. The summed E-state index contributed by atoms with van der Waals surface area (Å²) >= 11 is 1.13. The zero-order valence-corrected chi connectivity index (χ0v) is 17.6. The average Bonchev–Trinajstić information content (AvgIpc) is 3.23. The number of rotatable bonds is 7. The number of hydrogen-bond donors (Lipinski definition) is 1. The maximum atomic E-state index is 12.9. The highest BCUT2D eigenvalue weighted by molar-refractivity contribution is 7.89. The van der Waals surface area contributed by atoms with Gasteiger partial charge in [0.25, 0.3) is 5.91 Å². The molecule has 2 aromatic rings. The molecule has 1 aliphatic heterocycles. The number of methoxy groups -OCH3 is 2. The molecule has 1 aromatic carbocycles. The number of piperidine rings is 1. The van der Waals surface area contributed by atoms with Crippen LogP contribution in [0.5, 0.6) is 11.5 Å². The van der Waals surface area contributed by atoms with E-state index in [2.05, 4.69) is 5.32 Å². The molecule has 1 amide bonds. The largest absolute Gasteiger partial charge is 0.497 e. The quantitative estimate of drug-likeness (QED) is 0.739. The number of sulfonamides is 1. The van der Waals surface area contributed by atoms with Crippen molar-refractivity contribution < 1.29 is 22.7 Å². The van der Waals surface area contributed by atoms with Gasteiger partial charge in [-0.3, -0.25) is 4.79 Å². The minimum absolute atomic E-state index is 0.0834. The third-order valence-corrected chi connectivity index (χ3v) is 7.62. The third-order valence-electron chi connectivity index (χ3n) is 4.63. The number of benzene rings is 1. The minimum Gasteiger partial charge on any atom is -0.497 e. The van der Waals surface area contributed by atoms with Crippen molar-refractivity contribution in [3.05, 3.63) is 40.1 Å². The molecule has 1 N–H and O–H groups in total. The van der Waals surface area contributed by atoms with Gasteiger partial charge in [-0.1, -0.05) is 6.42 Å². The van der Waals surface area contributed by atoms with Crippen molar-refractivity contribution >= 4 is 27.3 Å². The Labute approximate surface area is 169 Å². The van der Waals surface area contributed by atoms with Crippen molar-refractivity contribution in [2.45, 2.75) is 30.7 Å². The molecule has 0 saturated carbocycles. The van der Waals surface area contributed by atoms with Gasteiger partial charge in [-0.05, 0) is 42.0 Å². The number of thiophene rings is 1. The van der Waals surface area contributed by atoms with Crippen LogP contribution in [0.3, 0.4) is 0 Å². The molecular formula is C19H24N2O5S2. The summed E-state index contributed by atoms with van der Waals surface area (Å²) in [6.45, 7) is 1.24. The van der Waals surface area contributed by atoms with Crippen LogP contribution in [0.2, 0.25) is 0 Å². The summed E-state index contributed by atoms with van der Waals surface area (Å²) < 4.78 is 37.8. The lowest BCUT2D eigenvalue weighted by Gasteiger charge is -2.25. The predicted molar refractivity (Wildman–Crippen MR) is 108 cm³/mol. The number of nitrogens with zero attached hydrogens (tertiary/aromatic N) is 1. The molecule has 0 atom stereocenters. The summed E-state index contributed by atoms with van der Waals surface area (Å²) in [5.41, 5.74) is 0.793. The second-order valence-corrected chi connectivity index (χ2v) is 9.30. The van der Waals surface area contributed by atoms with Crippen LogP contribution in [-0.2, 0) is 16.6 Å². The van der Waals surface area contributed by atoms with Gasteiger partial charge >= 0.3 is 0 Å². The van der Waals surface area contributed by atoms with Crippen LogP contribution in [0.4, 0.5) is 0 Å². The molecule has 0 radical (unpaired) electrons. The molecule has 152 valence electrons. The number of nitrogens with one attached hydrogen (secondary N) is 1. The molecule has 28 heavy (non-hydrogen) atoms. The summed E-state index contributed by atoms with van der Waals surface area (Å²) in [5.74, 6) is 0.827. The maximum Gasteiger partial charge on any atom is 0.263 e. The zero-order valence-electron chi connectivity index (χ0n) is 15.9. The Morgan fingerprint density at radius 1 is 1.11 bits per heavy atom. The van der Waals surface area contributed by atoms with Gasteiger partial charge in [-0.2, -0.15) is 4.31 Å². The van der Waals surface area contributed by atoms with Crippen LogP contribution in [0.25, 0.3) is 0 Å². The topological polar surface area (TPSA) is 84.9 Å². The van der Waals surface area contributed by atoms with E-state index < -0.39 is 15.9 Å². The van der Waals surface area contributed by atoms with Gasteiger partial charge in [-0.15, -0.1) is 11.3 Å². The Morgan fingerprint density at radius 3 is 2.36 bits per heavy atom. The molecule has 0 bridgehead atoms. The van der Waals surface area contributed by atoms with Crippen LogP contribution >= 0.6 is 11.3 Å². The maximum absolute atomic E-state index is 12.9. The summed E-state index contributed by atoms with van der Waals surface area (Å²) in [5, 5.41) is 4.44. The van der Waals surface area contributed by atoms with Crippen LogP contribution in [0.15, 0.2) is 34.5 Å². The fraction of sp³-hybridized carbons (Fsp3) is 0.421. The molecule has 3 rings (SSSR count). The molecular weight excluding hydrogens is 400 g/mol. The van der Waals surface area contributed by atoms with E-state index in [1.54, 1.807) is 37.8 Å². The van der Waals surface area contributed by atoms with E-state index in [-0.39, 0.29) is 16.3 Å². The standard InChI is InChI=1S/C19H24N2O5S2/c1-25-15-10-14(11-16(12-15)26-2)13-20-19(22)18-17(6-9-27-18)28(23,24)21-7-4-3-5-8-21/h6,9-12H,3-5,7-8,13H2,1-2H3,(H,20,22). The first-order valence-corrected chi connectivity index (χ1v) is 11.4. The van der Waals surface area contributed by atoms with Gasteiger partial charge in [0.1, 0.15) is 21.3 Å². The van der Waals surface area contributed by atoms with Gasteiger partial charge < -0.3 is 14.8 Å². The second kappa shape index (κ2) is 8.93. The number of carbonyl (C=O) groups is 1. The van der Waals surface area contributed by atoms with E-state index in [4.69, 9.17) is 9.47 Å². The number of amides is 1. The Bertz CT molecular complexity index is 911. The van der Waals surface area contributed by atoms with E-state index in [9.17, 15) is 13.2 Å². The van der Waals surface area contributed by atoms with E-state index in [1.807, 2.05) is 0 Å². The van der Waals surface area contributed by atoms with Crippen molar-refractivity contribution in [3.8, 4) is 11.5 Å². The second-order valence-electron chi connectivity index (χ2n) is 6.48. The van der Waals surface area contributed by atoms with Crippen LogP contribution in [-0.4, -0.2) is 45.9 Å². The molecule has 0 unspecified atom stereocenters. The molecule has 1 aliphatic rings. The van der Waals surface area contributed by atoms with Gasteiger partial charge in [0, 0.05) is 25.7 Å². The highest BCUT2D eigenvalue weighted by Gasteiger charge is 2.30. The Balaban J connectivity index is 1.75. The lowest BCUT2D eigenvalue weighted by Crippen LogP contribution is -2.36. The first-order valence-electron chi connectivity index (χ1n) is 9.03. The Morgan fingerprint density at radius 2 is 1.75 bits per heavy atom. The van der Waals surface area contributed by atoms with Crippen molar-refractivity contribution in [3.63, 3.8) is 0 Å². The molecule has 1 aromatic heterocycles. The van der Waals surface area contributed by atoms with E-state index in [0.29, 0.717) is 24.6 Å². The van der Waals surface area contributed by atoms with Crippen LogP contribution in [0, 0.1) is 0 Å². The van der Waals surface area contributed by atoms with Gasteiger partial charge in [0.05, 0.1) is 14.2 Å². The number of hydrogen-bond acceptors (Lipinski definition) is 6. The first kappa shape index (κ1) is 20.6. The van der Waals surface area contributed by atoms with Gasteiger partial charge in [0.15, 0.2) is 0 Å². The molecule has 0 spiro atoms. The monoisotopic (exact) mass is 424 g/mol.